The van der Waals surface area contributed by atoms with E-state index in [4.69, 9.17) is 11.6 Å². The summed E-state index contributed by atoms with van der Waals surface area (Å²) in [4.78, 5) is 12.5. The van der Waals surface area contributed by atoms with Crippen LogP contribution in [0.3, 0.4) is 0 Å². The summed E-state index contributed by atoms with van der Waals surface area (Å²) in [5.74, 6) is -0.615. The summed E-state index contributed by atoms with van der Waals surface area (Å²) >= 11 is 5.82. The Hall–Kier alpha value is -3.50. The lowest BCUT2D eigenvalue weighted by molar-refractivity contribution is -0.0498. The molecular formula is C23H20ClF2N3O4S. The van der Waals surface area contributed by atoms with Crippen molar-refractivity contribution in [2.75, 3.05) is 4.72 Å². The van der Waals surface area contributed by atoms with E-state index in [9.17, 15) is 22.0 Å². The first-order valence-electron chi connectivity index (χ1n) is 9.98. The van der Waals surface area contributed by atoms with Gasteiger partial charge in [-0.05, 0) is 78.7 Å². The fourth-order valence-electron chi connectivity index (χ4n) is 2.90. The van der Waals surface area contributed by atoms with Crippen LogP contribution in [0.1, 0.15) is 29.3 Å². The number of rotatable bonds is 9. The van der Waals surface area contributed by atoms with Gasteiger partial charge in [-0.15, -0.1) is 0 Å². The maximum atomic E-state index is 12.7. The van der Waals surface area contributed by atoms with Crippen molar-refractivity contribution in [3.63, 3.8) is 0 Å². The molecule has 0 spiro atoms. The Bertz CT molecular complexity index is 1280. The van der Waals surface area contributed by atoms with Crippen LogP contribution in [-0.4, -0.2) is 26.6 Å². The summed E-state index contributed by atoms with van der Waals surface area (Å²) < 4.78 is 56.7. The number of hydrogen-bond acceptors (Lipinski definition) is 5. The maximum Gasteiger partial charge on any atom is 0.387 e. The molecule has 0 aromatic heterocycles. The first-order chi connectivity index (χ1) is 16.2. The van der Waals surface area contributed by atoms with Crippen molar-refractivity contribution in [2.45, 2.75) is 24.9 Å². The number of nitrogens with zero attached hydrogens (tertiary/aromatic N) is 1. The van der Waals surface area contributed by atoms with Gasteiger partial charge < -0.3 is 4.74 Å². The quantitative estimate of drug-likeness (QED) is 0.304. The van der Waals surface area contributed by atoms with Crippen molar-refractivity contribution < 1.29 is 26.7 Å². The summed E-state index contributed by atoms with van der Waals surface area (Å²) in [6, 6.07) is 17.4. The second kappa shape index (κ2) is 11.1. The molecule has 0 fully saturated rings. The van der Waals surface area contributed by atoms with Gasteiger partial charge in [-0.2, -0.15) is 13.9 Å². The van der Waals surface area contributed by atoms with Gasteiger partial charge in [-0.3, -0.25) is 9.52 Å². The zero-order valence-electron chi connectivity index (χ0n) is 17.8. The van der Waals surface area contributed by atoms with Gasteiger partial charge in [0.1, 0.15) is 5.75 Å². The Morgan fingerprint density at radius 1 is 1.03 bits per heavy atom. The largest absolute Gasteiger partial charge is 0.435 e. The molecule has 3 rings (SSSR count). The number of sulfonamides is 1. The van der Waals surface area contributed by atoms with Gasteiger partial charge >= 0.3 is 6.61 Å². The molecule has 0 aliphatic heterocycles. The summed E-state index contributed by atoms with van der Waals surface area (Å²) in [6.45, 7) is -1.12. The van der Waals surface area contributed by atoms with Gasteiger partial charge in [0.25, 0.3) is 15.9 Å². The number of hydrazone groups is 1. The highest BCUT2D eigenvalue weighted by Gasteiger charge is 2.17. The molecule has 0 bridgehead atoms. The van der Waals surface area contributed by atoms with Gasteiger partial charge in [0.2, 0.25) is 0 Å². The highest BCUT2D eigenvalue weighted by molar-refractivity contribution is 7.92. The van der Waals surface area contributed by atoms with Crippen molar-refractivity contribution >= 4 is 38.9 Å². The molecule has 3 aromatic carbocycles. The van der Waals surface area contributed by atoms with E-state index in [0.29, 0.717) is 28.4 Å². The summed E-state index contributed by atoms with van der Waals surface area (Å²) in [5, 5.41) is 4.56. The molecule has 0 saturated carbocycles. The third-order valence-electron chi connectivity index (χ3n) is 4.54. The highest BCUT2D eigenvalue weighted by Crippen LogP contribution is 2.20. The lowest BCUT2D eigenvalue weighted by Crippen LogP contribution is -2.21. The molecule has 0 heterocycles. The Morgan fingerprint density at radius 3 is 2.32 bits per heavy atom. The minimum atomic E-state index is -3.95. The van der Waals surface area contributed by atoms with Crippen LogP contribution >= 0.6 is 11.6 Å². The summed E-state index contributed by atoms with van der Waals surface area (Å²) in [6.07, 6.45) is 0.439. The smallest absolute Gasteiger partial charge is 0.387 e. The van der Waals surface area contributed by atoms with E-state index in [1.54, 1.807) is 24.3 Å². The van der Waals surface area contributed by atoms with Crippen LogP contribution < -0.4 is 14.9 Å². The fraction of sp³-hybridized carbons (Fsp3) is 0.130. The Morgan fingerprint density at radius 2 is 1.71 bits per heavy atom. The molecule has 3 aromatic rings. The number of nitrogens with one attached hydrogen (secondary N) is 2. The van der Waals surface area contributed by atoms with Gasteiger partial charge in [0.05, 0.1) is 10.6 Å². The SMILES string of the molecule is CC/C(=N/NC(=O)c1cccc(S(=O)(=O)Nc2ccc(Cl)cc2)c1)c1ccc(OC(F)F)cc1. The van der Waals surface area contributed by atoms with E-state index in [0.717, 1.165) is 0 Å². The third kappa shape index (κ3) is 6.75. The molecule has 11 heteroatoms. The van der Waals surface area contributed by atoms with Crippen LogP contribution in [0.25, 0.3) is 0 Å². The Balaban J connectivity index is 1.73. The zero-order valence-corrected chi connectivity index (χ0v) is 19.4. The van der Waals surface area contributed by atoms with Gasteiger partial charge in [-0.1, -0.05) is 24.6 Å². The molecule has 1 amide bonds. The number of carbonyl (C=O) groups is 1. The molecule has 178 valence electrons. The number of halogens is 3. The van der Waals surface area contributed by atoms with E-state index in [1.165, 1.54) is 48.5 Å². The fourth-order valence-corrected chi connectivity index (χ4v) is 4.13. The van der Waals surface area contributed by atoms with Crippen molar-refractivity contribution in [1.29, 1.82) is 0 Å². The van der Waals surface area contributed by atoms with Crippen molar-refractivity contribution in [3.8, 4) is 5.75 Å². The molecule has 0 aliphatic carbocycles. The standard InChI is InChI=1S/C23H20ClF2N3O4S/c1-2-21(15-6-12-19(13-7-15)33-23(25)26)27-28-22(30)16-4-3-5-20(14-16)34(31,32)29-18-10-8-17(24)9-11-18/h3-14,23,29H,2H2,1H3,(H,28,30)/b27-21-. The number of ether oxygens (including phenoxy) is 1. The van der Waals surface area contributed by atoms with Crippen LogP contribution in [-0.2, 0) is 10.0 Å². The average molecular weight is 508 g/mol. The predicted octanol–water partition coefficient (Wildman–Crippen LogP) is 5.29. The van der Waals surface area contributed by atoms with Crippen LogP contribution in [0, 0.1) is 0 Å². The van der Waals surface area contributed by atoms with Gasteiger partial charge in [-0.25, -0.2) is 13.8 Å². The molecule has 0 saturated heterocycles. The molecule has 2 N–H and O–H groups in total. The monoisotopic (exact) mass is 507 g/mol. The second-order valence-electron chi connectivity index (χ2n) is 6.90. The van der Waals surface area contributed by atoms with E-state index in [2.05, 4.69) is 20.0 Å². The summed E-state index contributed by atoms with van der Waals surface area (Å²) in [7, 11) is -3.95. The number of anilines is 1. The van der Waals surface area contributed by atoms with E-state index in [-0.39, 0.29) is 16.2 Å². The van der Waals surface area contributed by atoms with E-state index in [1.807, 2.05) is 6.92 Å². The minimum absolute atomic E-state index is 0.00322. The van der Waals surface area contributed by atoms with Gasteiger partial charge in [0.15, 0.2) is 0 Å². The predicted molar refractivity (Wildman–Crippen MR) is 126 cm³/mol. The van der Waals surface area contributed by atoms with Crippen molar-refractivity contribution in [1.82, 2.24) is 5.43 Å². The molecule has 0 atom stereocenters. The van der Waals surface area contributed by atoms with Crippen LogP contribution in [0.5, 0.6) is 5.75 Å². The van der Waals surface area contributed by atoms with Crippen LogP contribution in [0.2, 0.25) is 5.02 Å². The topological polar surface area (TPSA) is 96.9 Å². The lowest BCUT2D eigenvalue weighted by atomic mass is 10.1. The second-order valence-corrected chi connectivity index (χ2v) is 9.01. The van der Waals surface area contributed by atoms with E-state index < -0.39 is 22.5 Å². The van der Waals surface area contributed by atoms with Crippen LogP contribution in [0.4, 0.5) is 14.5 Å². The first-order valence-corrected chi connectivity index (χ1v) is 11.8. The normalized spacial score (nSPS) is 11.9. The highest BCUT2D eigenvalue weighted by atomic mass is 35.5. The molecule has 0 aliphatic rings. The van der Waals surface area contributed by atoms with Crippen LogP contribution in [0.15, 0.2) is 82.8 Å². The number of hydrogen-bond donors (Lipinski definition) is 2. The number of amides is 1. The van der Waals surface area contributed by atoms with E-state index >= 15 is 0 Å². The molecule has 0 radical (unpaired) electrons. The number of alkyl halides is 2. The summed E-state index contributed by atoms with van der Waals surface area (Å²) in [5.41, 5.74) is 3.90. The first kappa shape index (κ1) is 25.1. The van der Waals surface area contributed by atoms with Gasteiger partial charge in [0, 0.05) is 16.3 Å². The average Bonchev–Trinajstić information content (AvgIpc) is 2.81. The molecule has 7 nitrogen and oxygen atoms in total. The molecular weight excluding hydrogens is 488 g/mol. The minimum Gasteiger partial charge on any atom is -0.435 e. The van der Waals surface area contributed by atoms with Crippen molar-refractivity contribution in [2.24, 2.45) is 5.10 Å². The Kier molecular flexibility index (Phi) is 8.19. The number of carbonyl (C=O) groups excluding carboxylic acids is 1. The third-order valence-corrected chi connectivity index (χ3v) is 6.17. The molecule has 0 unspecified atom stereocenters. The maximum absolute atomic E-state index is 12.7. The lowest BCUT2D eigenvalue weighted by Gasteiger charge is -2.10. The zero-order chi connectivity index (χ0) is 24.7. The number of benzene rings is 3. The Labute approximate surface area is 200 Å². The van der Waals surface area contributed by atoms with Crippen molar-refractivity contribution in [3.05, 3.63) is 88.9 Å². The molecule has 34 heavy (non-hydrogen) atoms.